The van der Waals surface area contributed by atoms with Crippen molar-refractivity contribution in [3.8, 4) is 0 Å². The molecule has 0 aromatic heterocycles. The highest BCUT2D eigenvalue weighted by atomic mass is 16.2. The molecular formula is C16H24N2O2. The lowest BCUT2D eigenvalue weighted by molar-refractivity contribution is -0.121. The molecule has 4 heteroatoms. The van der Waals surface area contributed by atoms with Gasteiger partial charge in [-0.3, -0.25) is 9.59 Å². The average molecular weight is 276 g/mol. The fourth-order valence-corrected chi connectivity index (χ4v) is 1.97. The van der Waals surface area contributed by atoms with Gasteiger partial charge >= 0.3 is 0 Å². The van der Waals surface area contributed by atoms with E-state index in [2.05, 4.69) is 5.32 Å². The molecule has 0 radical (unpaired) electrons. The second-order valence-electron chi connectivity index (χ2n) is 5.41. The van der Waals surface area contributed by atoms with E-state index in [1.54, 1.807) is 4.90 Å². The Kier molecular flexibility index (Phi) is 5.74. The number of nitrogens with zero attached hydrogens (tertiary/aromatic N) is 1. The minimum Gasteiger partial charge on any atom is -0.354 e. The minimum absolute atomic E-state index is 0.0323. The first-order valence-corrected chi connectivity index (χ1v) is 6.96. The third-order valence-electron chi connectivity index (χ3n) is 3.19. The van der Waals surface area contributed by atoms with E-state index < -0.39 is 0 Å². The highest BCUT2D eigenvalue weighted by Gasteiger charge is 2.14. The molecule has 0 aliphatic heterocycles. The molecule has 0 atom stereocenters. The molecule has 1 aromatic rings. The van der Waals surface area contributed by atoms with Crippen LogP contribution in [0.25, 0.3) is 0 Å². The quantitative estimate of drug-likeness (QED) is 0.898. The van der Waals surface area contributed by atoms with Crippen LogP contribution in [0.5, 0.6) is 0 Å². The molecule has 0 saturated heterocycles. The lowest BCUT2D eigenvalue weighted by Gasteiger charge is -2.22. The average Bonchev–Trinajstić information content (AvgIpc) is 2.32. The van der Waals surface area contributed by atoms with Gasteiger partial charge in [0.25, 0.3) is 0 Å². The Morgan fingerprint density at radius 1 is 1.20 bits per heavy atom. The molecule has 110 valence electrons. The van der Waals surface area contributed by atoms with Crippen LogP contribution >= 0.6 is 0 Å². The van der Waals surface area contributed by atoms with E-state index in [0.717, 1.165) is 11.3 Å². The van der Waals surface area contributed by atoms with E-state index in [1.807, 2.05) is 45.9 Å². The third kappa shape index (κ3) is 4.68. The van der Waals surface area contributed by atoms with E-state index in [0.29, 0.717) is 13.0 Å². The molecule has 2 amide bonds. The molecule has 4 nitrogen and oxygen atoms in total. The number of hydrogen-bond acceptors (Lipinski definition) is 2. The zero-order chi connectivity index (χ0) is 15.3. The van der Waals surface area contributed by atoms with Gasteiger partial charge in [-0.05, 0) is 51.0 Å². The van der Waals surface area contributed by atoms with Gasteiger partial charge in [-0.25, -0.2) is 0 Å². The van der Waals surface area contributed by atoms with Crippen LogP contribution in [0, 0.1) is 13.8 Å². The Bertz CT molecular complexity index is 495. The van der Waals surface area contributed by atoms with Crippen LogP contribution in [0.4, 0.5) is 5.69 Å². The number of anilines is 1. The van der Waals surface area contributed by atoms with Gasteiger partial charge in [0, 0.05) is 31.6 Å². The Labute approximate surface area is 121 Å². The number of amides is 2. The number of aryl methyl sites for hydroxylation is 2. The topological polar surface area (TPSA) is 49.4 Å². The zero-order valence-electron chi connectivity index (χ0n) is 13.0. The van der Waals surface area contributed by atoms with E-state index >= 15 is 0 Å². The van der Waals surface area contributed by atoms with Crippen LogP contribution < -0.4 is 10.2 Å². The maximum absolute atomic E-state index is 11.8. The second-order valence-corrected chi connectivity index (χ2v) is 5.41. The van der Waals surface area contributed by atoms with Gasteiger partial charge in [0.05, 0.1) is 0 Å². The molecule has 1 aromatic carbocycles. The van der Waals surface area contributed by atoms with Gasteiger partial charge in [-0.15, -0.1) is 0 Å². The number of rotatable bonds is 5. The highest BCUT2D eigenvalue weighted by Crippen LogP contribution is 2.19. The van der Waals surface area contributed by atoms with Crippen LogP contribution in [0.15, 0.2) is 18.2 Å². The fraction of sp³-hybridized carbons (Fsp3) is 0.500. The summed E-state index contributed by atoms with van der Waals surface area (Å²) in [5, 5.41) is 2.83. The van der Waals surface area contributed by atoms with Gasteiger partial charge in [0.1, 0.15) is 0 Å². The Morgan fingerprint density at radius 2 is 1.85 bits per heavy atom. The smallest absolute Gasteiger partial charge is 0.223 e. The lowest BCUT2D eigenvalue weighted by Crippen LogP contribution is -2.36. The first-order chi connectivity index (χ1) is 9.31. The van der Waals surface area contributed by atoms with Crippen LogP contribution in [0.2, 0.25) is 0 Å². The summed E-state index contributed by atoms with van der Waals surface area (Å²) in [4.78, 5) is 25.1. The molecule has 1 N–H and O–H groups in total. The first-order valence-electron chi connectivity index (χ1n) is 6.96. The Morgan fingerprint density at radius 3 is 2.35 bits per heavy atom. The molecule has 0 aliphatic carbocycles. The summed E-state index contributed by atoms with van der Waals surface area (Å²) >= 11 is 0. The van der Waals surface area contributed by atoms with E-state index in [-0.39, 0.29) is 17.9 Å². The maximum Gasteiger partial charge on any atom is 0.223 e. The van der Waals surface area contributed by atoms with E-state index in [4.69, 9.17) is 0 Å². The molecule has 0 saturated carbocycles. The summed E-state index contributed by atoms with van der Waals surface area (Å²) in [6.45, 7) is 9.82. The van der Waals surface area contributed by atoms with Crippen LogP contribution in [0.3, 0.4) is 0 Å². The number of carbonyl (C=O) groups excluding carboxylic acids is 2. The predicted molar refractivity (Wildman–Crippen MR) is 81.8 cm³/mol. The van der Waals surface area contributed by atoms with Crippen LogP contribution in [-0.2, 0) is 9.59 Å². The molecule has 0 bridgehead atoms. The van der Waals surface area contributed by atoms with Crippen molar-refractivity contribution in [2.75, 3.05) is 11.4 Å². The summed E-state index contributed by atoms with van der Waals surface area (Å²) in [6.07, 6.45) is 0.310. The zero-order valence-corrected chi connectivity index (χ0v) is 13.0. The Balaban J connectivity index is 2.77. The molecule has 0 unspecified atom stereocenters. The minimum atomic E-state index is -0.0504. The summed E-state index contributed by atoms with van der Waals surface area (Å²) in [5.74, 6) is -0.0827. The van der Waals surface area contributed by atoms with Gasteiger partial charge in [0.2, 0.25) is 11.8 Å². The molecular weight excluding hydrogens is 252 g/mol. The van der Waals surface area contributed by atoms with Gasteiger partial charge < -0.3 is 10.2 Å². The number of benzene rings is 1. The van der Waals surface area contributed by atoms with Gasteiger partial charge in [-0.2, -0.15) is 0 Å². The fourth-order valence-electron chi connectivity index (χ4n) is 1.97. The third-order valence-corrected chi connectivity index (χ3v) is 3.19. The van der Waals surface area contributed by atoms with E-state index in [1.165, 1.54) is 12.5 Å². The van der Waals surface area contributed by atoms with Crippen molar-refractivity contribution in [2.45, 2.75) is 47.1 Å². The van der Waals surface area contributed by atoms with Crippen LogP contribution in [-0.4, -0.2) is 24.4 Å². The van der Waals surface area contributed by atoms with Crippen molar-refractivity contribution in [1.82, 2.24) is 5.32 Å². The standard InChI is InChI=1S/C16H24N2O2/c1-11(2)17-16(20)8-9-18(14(5)19)15-7-6-12(3)13(4)10-15/h6-7,10-11H,8-9H2,1-5H3,(H,17,20). The summed E-state index contributed by atoms with van der Waals surface area (Å²) < 4.78 is 0. The SMILES string of the molecule is CC(=O)N(CCC(=O)NC(C)C)c1ccc(C)c(C)c1. The highest BCUT2D eigenvalue weighted by molar-refractivity contribution is 5.92. The molecule has 0 heterocycles. The van der Waals surface area contributed by atoms with Crippen molar-refractivity contribution in [1.29, 1.82) is 0 Å². The maximum atomic E-state index is 11.8. The molecule has 20 heavy (non-hydrogen) atoms. The monoisotopic (exact) mass is 276 g/mol. The van der Waals surface area contributed by atoms with Gasteiger partial charge in [-0.1, -0.05) is 6.07 Å². The van der Waals surface area contributed by atoms with Crippen molar-refractivity contribution in [3.05, 3.63) is 29.3 Å². The number of hydrogen-bond donors (Lipinski definition) is 1. The lowest BCUT2D eigenvalue weighted by atomic mass is 10.1. The summed E-state index contributed by atoms with van der Waals surface area (Å²) in [5.41, 5.74) is 3.17. The molecule has 0 aliphatic rings. The molecule has 0 spiro atoms. The van der Waals surface area contributed by atoms with Crippen molar-refractivity contribution in [3.63, 3.8) is 0 Å². The van der Waals surface area contributed by atoms with Crippen molar-refractivity contribution < 1.29 is 9.59 Å². The van der Waals surface area contributed by atoms with Gasteiger partial charge in [0.15, 0.2) is 0 Å². The predicted octanol–water partition coefficient (Wildman–Crippen LogP) is 2.57. The molecule has 0 fully saturated rings. The number of carbonyl (C=O) groups is 2. The van der Waals surface area contributed by atoms with Crippen molar-refractivity contribution >= 4 is 17.5 Å². The first kappa shape index (κ1) is 16.2. The molecule has 1 rings (SSSR count). The largest absolute Gasteiger partial charge is 0.354 e. The normalized spacial score (nSPS) is 10.5. The van der Waals surface area contributed by atoms with Crippen molar-refractivity contribution in [2.24, 2.45) is 0 Å². The number of nitrogens with one attached hydrogen (secondary N) is 1. The second kappa shape index (κ2) is 7.08. The Hall–Kier alpha value is -1.84. The summed E-state index contributed by atoms with van der Waals surface area (Å²) in [6, 6.07) is 6.02. The van der Waals surface area contributed by atoms with E-state index in [9.17, 15) is 9.59 Å². The van der Waals surface area contributed by atoms with Crippen LogP contribution in [0.1, 0.15) is 38.3 Å². The summed E-state index contributed by atoms with van der Waals surface area (Å²) in [7, 11) is 0.